The van der Waals surface area contributed by atoms with Crippen LogP contribution < -0.4 is 10.6 Å². The van der Waals surface area contributed by atoms with Gasteiger partial charge >= 0.3 is 0 Å². The highest BCUT2D eigenvalue weighted by atomic mass is 16.5. The first-order valence-corrected chi connectivity index (χ1v) is 6.30. The summed E-state index contributed by atoms with van der Waals surface area (Å²) >= 11 is 0. The Balaban J connectivity index is 1.77. The number of nitrogens with one attached hydrogen (secondary N) is 2. The molecule has 2 fully saturated rings. The van der Waals surface area contributed by atoms with Gasteiger partial charge in [0.1, 0.15) is 0 Å². The van der Waals surface area contributed by atoms with E-state index in [0.29, 0.717) is 19.3 Å². The average Bonchev–Trinajstić information content (AvgIpc) is 2.79. The molecule has 92 valence electrons. The van der Waals surface area contributed by atoms with Crippen molar-refractivity contribution in [1.29, 1.82) is 0 Å². The van der Waals surface area contributed by atoms with Gasteiger partial charge in [0.2, 0.25) is 5.91 Å². The van der Waals surface area contributed by atoms with Crippen molar-refractivity contribution in [3.63, 3.8) is 0 Å². The van der Waals surface area contributed by atoms with E-state index < -0.39 is 0 Å². The molecule has 2 aliphatic rings. The minimum atomic E-state index is -0.211. The monoisotopic (exact) mass is 226 g/mol. The molecule has 0 aromatic heterocycles. The topological polar surface area (TPSA) is 50.4 Å². The maximum atomic E-state index is 12.1. The van der Waals surface area contributed by atoms with Gasteiger partial charge < -0.3 is 15.4 Å². The molecule has 1 atom stereocenters. The SMILES string of the molecule is CC1(C(=O)NCC2CCCN2)CCOCC1. The van der Waals surface area contributed by atoms with Gasteiger partial charge in [-0.2, -0.15) is 0 Å². The van der Waals surface area contributed by atoms with Gasteiger partial charge in [0.25, 0.3) is 0 Å². The summed E-state index contributed by atoms with van der Waals surface area (Å²) in [6, 6.07) is 0.479. The van der Waals surface area contributed by atoms with Crippen molar-refractivity contribution >= 4 is 5.91 Å². The lowest BCUT2D eigenvalue weighted by atomic mass is 9.81. The smallest absolute Gasteiger partial charge is 0.226 e. The molecule has 2 saturated heterocycles. The summed E-state index contributed by atoms with van der Waals surface area (Å²) < 4.78 is 5.30. The minimum Gasteiger partial charge on any atom is -0.381 e. The molecule has 2 heterocycles. The van der Waals surface area contributed by atoms with E-state index in [2.05, 4.69) is 10.6 Å². The quantitative estimate of drug-likeness (QED) is 0.743. The zero-order valence-electron chi connectivity index (χ0n) is 10.1. The number of amides is 1. The molecule has 2 rings (SSSR count). The lowest BCUT2D eigenvalue weighted by Gasteiger charge is -2.32. The Hall–Kier alpha value is -0.610. The van der Waals surface area contributed by atoms with Crippen LogP contribution in [-0.4, -0.2) is 38.3 Å². The van der Waals surface area contributed by atoms with E-state index in [0.717, 1.165) is 25.9 Å². The third-order valence-electron chi connectivity index (χ3n) is 3.82. The van der Waals surface area contributed by atoms with Crippen LogP contribution in [0.2, 0.25) is 0 Å². The fourth-order valence-corrected chi connectivity index (χ4v) is 2.41. The Bertz CT molecular complexity index is 243. The largest absolute Gasteiger partial charge is 0.381 e. The molecule has 1 unspecified atom stereocenters. The number of hydrogen-bond donors (Lipinski definition) is 2. The Morgan fingerprint density at radius 1 is 1.50 bits per heavy atom. The Morgan fingerprint density at radius 2 is 2.25 bits per heavy atom. The molecule has 0 aromatic rings. The number of ether oxygens (including phenoxy) is 1. The van der Waals surface area contributed by atoms with Crippen molar-refractivity contribution in [2.75, 3.05) is 26.3 Å². The maximum Gasteiger partial charge on any atom is 0.226 e. The minimum absolute atomic E-state index is 0.199. The highest BCUT2D eigenvalue weighted by molar-refractivity contribution is 5.82. The van der Waals surface area contributed by atoms with Crippen LogP contribution in [0.25, 0.3) is 0 Å². The van der Waals surface area contributed by atoms with Gasteiger partial charge in [-0.3, -0.25) is 4.79 Å². The van der Waals surface area contributed by atoms with E-state index >= 15 is 0 Å². The first-order valence-electron chi connectivity index (χ1n) is 6.30. The van der Waals surface area contributed by atoms with E-state index in [4.69, 9.17) is 4.74 Å². The van der Waals surface area contributed by atoms with Crippen LogP contribution in [-0.2, 0) is 9.53 Å². The van der Waals surface area contributed by atoms with Gasteiger partial charge in [0, 0.05) is 25.8 Å². The second-order valence-corrected chi connectivity index (χ2v) is 5.18. The molecular formula is C12H22N2O2. The van der Waals surface area contributed by atoms with Crippen LogP contribution in [0.1, 0.15) is 32.6 Å². The summed E-state index contributed by atoms with van der Waals surface area (Å²) in [6.07, 6.45) is 4.10. The fraction of sp³-hybridized carbons (Fsp3) is 0.917. The molecule has 0 radical (unpaired) electrons. The summed E-state index contributed by atoms with van der Waals surface area (Å²) in [4.78, 5) is 12.1. The molecule has 0 spiro atoms. The van der Waals surface area contributed by atoms with Gasteiger partial charge in [-0.1, -0.05) is 6.92 Å². The first-order chi connectivity index (χ1) is 7.71. The molecule has 0 bridgehead atoms. The van der Waals surface area contributed by atoms with Gasteiger partial charge in [-0.15, -0.1) is 0 Å². The summed E-state index contributed by atoms with van der Waals surface area (Å²) in [5, 5.41) is 6.47. The summed E-state index contributed by atoms with van der Waals surface area (Å²) in [6.45, 7) is 5.34. The Labute approximate surface area is 97.1 Å². The standard InChI is InChI=1S/C12H22N2O2/c1-12(4-7-16-8-5-12)11(15)14-9-10-3-2-6-13-10/h10,13H,2-9H2,1H3,(H,14,15). The molecular weight excluding hydrogens is 204 g/mol. The van der Waals surface area contributed by atoms with E-state index in [1.54, 1.807) is 0 Å². The Morgan fingerprint density at radius 3 is 2.88 bits per heavy atom. The van der Waals surface area contributed by atoms with Crippen molar-refractivity contribution in [2.45, 2.75) is 38.6 Å². The van der Waals surface area contributed by atoms with Crippen LogP contribution in [0.4, 0.5) is 0 Å². The Kier molecular flexibility index (Phi) is 3.82. The number of carbonyl (C=O) groups excluding carboxylic acids is 1. The molecule has 0 aliphatic carbocycles. The number of carbonyl (C=O) groups is 1. The maximum absolute atomic E-state index is 12.1. The molecule has 16 heavy (non-hydrogen) atoms. The zero-order valence-corrected chi connectivity index (χ0v) is 10.1. The summed E-state index contributed by atoms with van der Waals surface area (Å²) in [5.41, 5.74) is -0.211. The second kappa shape index (κ2) is 5.15. The molecule has 4 nitrogen and oxygen atoms in total. The van der Waals surface area contributed by atoms with Crippen LogP contribution in [0.15, 0.2) is 0 Å². The highest BCUT2D eigenvalue weighted by Gasteiger charge is 2.35. The van der Waals surface area contributed by atoms with E-state index in [-0.39, 0.29) is 11.3 Å². The van der Waals surface area contributed by atoms with Crippen LogP contribution in [0, 0.1) is 5.41 Å². The predicted molar refractivity (Wildman–Crippen MR) is 62.2 cm³/mol. The normalized spacial score (nSPS) is 28.9. The lowest BCUT2D eigenvalue weighted by Crippen LogP contribution is -2.46. The van der Waals surface area contributed by atoms with E-state index in [1.165, 1.54) is 12.8 Å². The third kappa shape index (κ3) is 2.74. The van der Waals surface area contributed by atoms with Crippen molar-refractivity contribution < 1.29 is 9.53 Å². The molecule has 0 aromatic carbocycles. The number of hydrogen-bond acceptors (Lipinski definition) is 3. The zero-order chi connectivity index (χ0) is 11.4. The number of rotatable bonds is 3. The van der Waals surface area contributed by atoms with Crippen LogP contribution in [0.3, 0.4) is 0 Å². The molecule has 1 amide bonds. The van der Waals surface area contributed by atoms with Crippen molar-refractivity contribution in [2.24, 2.45) is 5.41 Å². The molecule has 0 saturated carbocycles. The van der Waals surface area contributed by atoms with Crippen molar-refractivity contribution in [1.82, 2.24) is 10.6 Å². The second-order valence-electron chi connectivity index (χ2n) is 5.18. The lowest BCUT2D eigenvalue weighted by molar-refractivity contribution is -0.135. The van der Waals surface area contributed by atoms with Crippen molar-refractivity contribution in [3.05, 3.63) is 0 Å². The predicted octanol–water partition coefficient (Wildman–Crippen LogP) is 0.671. The molecule has 4 heteroatoms. The van der Waals surface area contributed by atoms with E-state index in [9.17, 15) is 4.79 Å². The highest BCUT2D eigenvalue weighted by Crippen LogP contribution is 2.29. The van der Waals surface area contributed by atoms with Crippen molar-refractivity contribution in [3.8, 4) is 0 Å². The van der Waals surface area contributed by atoms with E-state index in [1.807, 2.05) is 6.92 Å². The first kappa shape index (κ1) is 11.9. The fourth-order valence-electron chi connectivity index (χ4n) is 2.41. The van der Waals surface area contributed by atoms with Gasteiger partial charge in [0.05, 0.1) is 5.41 Å². The van der Waals surface area contributed by atoms with Gasteiger partial charge in [-0.25, -0.2) is 0 Å². The summed E-state index contributed by atoms with van der Waals surface area (Å²) in [5.74, 6) is 0.199. The van der Waals surface area contributed by atoms with Gasteiger partial charge in [-0.05, 0) is 32.2 Å². The molecule has 2 N–H and O–H groups in total. The van der Waals surface area contributed by atoms with Gasteiger partial charge in [0.15, 0.2) is 0 Å². The third-order valence-corrected chi connectivity index (χ3v) is 3.82. The summed E-state index contributed by atoms with van der Waals surface area (Å²) in [7, 11) is 0. The van der Waals surface area contributed by atoms with Crippen LogP contribution >= 0.6 is 0 Å². The molecule has 2 aliphatic heterocycles. The average molecular weight is 226 g/mol. The van der Waals surface area contributed by atoms with Crippen LogP contribution in [0.5, 0.6) is 0 Å².